The normalized spacial score (nSPS) is 11.2. The van der Waals surface area contributed by atoms with Gasteiger partial charge in [-0.2, -0.15) is 0 Å². The monoisotopic (exact) mass is 299 g/mol. The Morgan fingerprint density at radius 2 is 2.05 bits per heavy atom. The number of fused-ring (bicyclic) bond motifs is 1. The van der Waals surface area contributed by atoms with Crippen LogP contribution < -0.4 is 5.32 Å². The maximum Gasteiger partial charge on any atom is 0.197 e. The molecular formula is C15H17N5S. The summed E-state index contributed by atoms with van der Waals surface area (Å²) in [5.41, 5.74) is 2.17. The molecule has 0 saturated heterocycles. The van der Waals surface area contributed by atoms with Gasteiger partial charge in [-0.25, -0.2) is 4.98 Å². The lowest BCUT2D eigenvalue weighted by Gasteiger charge is -2.09. The van der Waals surface area contributed by atoms with E-state index >= 15 is 0 Å². The minimum Gasteiger partial charge on any atom is -0.316 e. The second-order valence-corrected chi connectivity index (χ2v) is 5.82. The number of pyridine rings is 1. The molecule has 0 unspecified atom stereocenters. The Morgan fingerprint density at radius 3 is 2.76 bits per heavy atom. The molecule has 108 valence electrons. The van der Waals surface area contributed by atoms with Gasteiger partial charge in [-0.15, -0.1) is 10.2 Å². The van der Waals surface area contributed by atoms with Crippen molar-refractivity contribution in [3.63, 3.8) is 0 Å². The minimum absolute atomic E-state index is 0.775. The first-order chi connectivity index (χ1) is 10.2. The van der Waals surface area contributed by atoms with Crippen LogP contribution in [0.25, 0.3) is 10.9 Å². The van der Waals surface area contributed by atoms with E-state index in [1.54, 1.807) is 11.8 Å². The largest absolute Gasteiger partial charge is 0.316 e. The summed E-state index contributed by atoms with van der Waals surface area (Å²) >= 11 is 1.55. The van der Waals surface area contributed by atoms with E-state index in [2.05, 4.69) is 27.6 Å². The maximum atomic E-state index is 4.78. The van der Waals surface area contributed by atoms with E-state index in [4.69, 9.17) is 4.98 Å². The SMILES string of the molecule is CNCc1cc2ccccc2nc1Sc1nnc(C)n1C. The third-order valence-corrected chi connectivity index (χ3v) is 4.46. The van der Waals surface area contributed by atoms with Crippen molar-refractivity contribution in [3.05, 3.63) is 41.7 Å². The second kappa shape index (κ2) is 5.83. The molecule has 0 radical (unpaired) electrons. The Morgan fingerprint density at radius 1 is 1.24 bits per heavy atom. The van der Waals surface area contributed by atoms with Gasteiger partial charge in [0.1, 0.15) is 10.9 Å². The molecule has 0 aliphatic carbocycles. The molecule has 3 rings (SSSR count). The first kappa shape index (κ1) is 14.0. The van der Waals surface area contributed by atoms with E-state index < -0.39 is 0 Å². The molecule has 6 heteroatoms. The lowest BCUT2D eigenvalue weighted by molar-refractivity contribution is 0.760. The van der Waals surface area contributed by atoms with Crippen molar-refractivity contribution in [2.24, 2.45) is 7.05 Å². The van der Waals surface area contributed by atoms with E-state index in [1.165, 1.54) is 5.56 Å². The molecule has 0 aliphatic heterocycles. The fourth-order valence-electron chi connectivity index (χ4n) is 2.11. The fraction of sp³-hybridized carbons (Fsp3) is 0.267. The Kier molecular flexibility index (Phi) is 3.90. The molecule has 0 spiro atoms. The zero-order valence-corrected chi connectivity index (χ0v) is 13.1. The van der Waals surface area contributed by atoms with Crippen LogP contribution >= 0.6 is 11.8 Å². The van der Waals surface area contributed by atoms with E-state index in [1.807, 2.05) is 43.8 Å². The zero-order chi connectivity index (χ0) is 14.8. The van der Waals surface area contributed by atoms with E-state index in [-0.39, 0.29) is 0 Å². The van der Waals surface area contributed by atoms with Crippen LogP contribution in [0.5, 0.6) is 0 Å². The van der Waals surface area contributed by atoms with Crippen molar-refractivity contribution >= 4 is 22.7 Å². The van der Waals surface area contributed by atoms with Crippen LogP contribution in [0.1, 0.15) is 11.4 Å². The van der Waals surface area contributed by atoms with Crippen molar-refractivity contribution in [1.82, 2.24) is 25.1 Å². The molecule has 3 aromatic rings. The topological polar surface area (TPSA) is 55.6 Å². The molecule has 21 heavy (non-hydrogen) atoms. The fourth-order valence-corrected chi connectivity index (χ4v) is 3.04. The van der Waals surface area contributed by atoms with Crippen LogP contribution in [-0.2, 0) is 13.6 Å². The van der Waals surface area contributed by atoms with Gasteiger partial charge in [0.15, 0.2) is 5.16 Å². The number of nitrogens with one attached hydrogen (secondary N) is 1. The molecule has 0 amide bonds. The van der Waals surface area contributed by atoms with Crippen molar-refractivity contribution in [2.75, 3.05) is 7.05 Å². The van der Waals surface area contributed by atoms with Crippen LogP contribution in [0.4, 0.5) is 0 Å². The van der Waals surface area contributed by atoms with Gasteiger partial charge < -0.3 is 9.88 Å². The van der Waals surface area contributed by atoms with Crippen molar-refractivity contribution in [1.29, 1.82) is 0 Å². The first-order valence-electron chi connectivity index (χ1n) is 6.76. The number of rotatable bonds is 4. The van der Waals surface area contributed by atoms with Gasteiger partial charge in [0.25, 0.3) is 0 Å². The predicted molar refractivity (Wildman–Crippen MR) is 84.4 cm³/mol. The summed E-state index contributed by atoms with van der Waals surface area (Å²) < 4.78 is 1.98. The third-order valence-electron chi connectivity index (χ3n) is 3.37. The maximum absolute atomic E-state index is 4.78. The van der Waals surface area contributed by atoms with Gasteiger partial charge in [-0.05, 0) is 43.4 Å². The summed E-state index contributed by atoms with van der Waals surface area (Å²) in [6.45, 7) is 2.72. The van der Waals surface area contributed by atoms with Crippen LogP contribution in [0.2, 0.25) is 0 Å². The number of para-hydroxylation sites is 1. The van der Waals surface area contributed by atoms with Gasteiger partial charge in [0.05, 0.1) is 5.52 Å². The summed E-state index contributed by atoms with van der Waals surface area (Å²) in [5.74, 6) is 0.897. The Labute approximate surface area is 127 Å². The van der Waals surface area contributed by atoms with Crippen molar-refractivity contribution < 1.29 is 0 Å². The van der Waals surface area contributed by atoms with E-state index in [0.29, 0.717) is 0 Å². The zero-order valence-electron chi connectivity index (χ0n) is 12.3. The average Bonchev–Trinajstić information content (AvgIpc) is 2.80. The molecule has 0 atom stereocenters. The summed E-state index contributed by atoms with van der Waals surface area (Å²) in [4.78, 5) is 4.78. The predicted octanol–water partition coefficient (Wildman–Crippen LogP) is 2.54. The summed E-state index contributed by atoms with van der Waals surface area (Å²) in [5, 5.41) is 14.5. The number of nitrogens with zero attached hydrogens (tertiary/aromatic N) is 4. The van der Waals surface area contributed by atoms with Gasteiger partial charge >= 0.3 is 0 Å². The standard InChI is InChI=1S/C15H17N5S/c1-10-18-19-15(20(10)3)21-14-12(9-16-2)8-11-6-4-5-7-13(11)17-14/h4-8,16H,9H2,1-3H3. The number of hydrogen-bond acceptors (Lipinski definition) is 5. The molecular weight excluding hydrogens is 282 g/mol. The summed E-state index contributed by atoms with van der Waals surface area (Å²) in [7, 11) is 3.91. The van der Waals surface area contributed by atoms with Crippen LogP contribution in [-0.4, -0.2) is 26.8 Å². The highest BCUT2D eigenvalue weighted by molar-refractivity contribution is 7.99. The van der Waals surface area contributed by atoms with Gasteiger partial charge in [-0.1, -0.05) is 18.2 Å². The van der Waals surface area contributed by atoms with Crippen molar-refractivity contribution in [3.8, 4) is 0 Å². The van der Waals surface area contributed by atoms with Gasteiger partial charge in [0, 0.05) is 19.0 Å². The highest BCUT2D eigenvalue weighted by Gasteiger charge is 2.12. The van der Waals surface area contributed by atoms with E-state index in [0.717, 1.165) is 33.5 Å². The molecule has 0 fully saturated rings. The average molecular weight is 299 g/mol. The van der Waals surface area contributed by atoms with Gasteiger partial charge in [0.2, 0.25) is 0 Å². The van der Waals surface area contributed by atoms with Crippen LogP contribution in [0, 0.1) is 6.92 Å². The lowest BCUT2D eigenvalue weighted by Crippen LogP contribution is -2.07. The molecule has 0 aliphatic rings. The lowest BCUT2D eigenvalue weighted by atomic mass is 10.1. The molecule has 0 saturated carbocycles. The Balaban J connectivity index is 2.06. The van der Waals surface area contributed by atoms with Crippen molar-refractivity contribution in [2.45, 2.75) is 23.7 Å². The smallest absolute Gasteiger partial charge is 0.197 e. The number of hydrogen-bond donors (Lipinski definition) is 1. The minimum atomic E-state index is 0.775. The Hall–Kier alpha value is -1.92. The number of aromatic nitrogens is 4. The third kappa shape index (κ3) is 2.77. The van der Waals surface area contributed by atoms with E-state index in [9.17, 15) is 0 Å². The first-order valence-corrected chi connectivity index (χ1v) is 7.58. The summed E-state index contributed by atoms with van der Waals surface area (Å²) in [6, 6.07) is 10.3. The van der Waals surface area contributed by atoms with Crippen LogP contribution in [0.15, 0.2) is 40.5 Å². The molecule has 2 heterocycles. The molecule has 2 aromatic heterocycles. The summed E-state index contributed by atoms with van der Waals surface area (Å²) in [6.07, 6.45) is 0. The second-order valence-electron chi connectivity index (χ2n) is 4.87. The molecule has 1 N–H and O–H groups in total. The highest BCUT2D eigenvalue weighted by Crippen LogP contribution is 2.30. The molecule has 0 bridgehead atoms. The van der Waals surface area contributed by atoms with Crippen LogP contribution in [0.3, 0.4) is 0 Å². The molecule has 5 nitrogen and oxygen atoms in total. The highest BCUT2D eigenvalue weighted by atomic mass is 32.2. The van der Waals surface area contributed by atoms with Gasteiger partial charge in [-0.3, -0.25) is 0 Å². The number of benzene rings is 1. The Bertz CT molecular complexity index is 781. The quantitative estimate of drug-likeness (QED) is 0.802. The molecule has 1 aromatic carbocycles. The number of aryl methyl sites for hydroxylation is 1.